The third-order valence-electron chi connectivity index (χ3n) is 12.8. The van der Waals surface area contributed by atoms with E-state index in [2.05, 4.69) is 14.8 Å². The number of aromatic nitrogens is 2. The summed E-state index contributed by atoms with van der Waals surface area (Å²) in [7, 11) is 0. The van der Waals surface area contributed by atoms with Gasteiger partial charge in [-0.15, -0.1) is 34.3 Å². The maximum absolute atomic E-state index is 13.9. The molecule has 10 rings (SSSR count). The van der Waals surface area contributed by atoms with Crippen LogP contribution in [0.3, 0.4) is 0 Å². The van der Waals surface area contributed by atoms with Crippen LogP contribution in [0.1, 0.15) is 62.5 Å². The van der Waals surface area contributed by atoms with Gasteiger partial charge >= 0.3 is 12.4 Å². The van der Waals surface area contributed by atoms with Crippen molar-refractivity contribution in [2.75, 3.05) is 68.0 Å². The summed E-state index contributed by atoms with van der Waals surface area (Å²) in [5, 5.41) is 3.92. The van der Waals surface area contributed by atoms with Crippen molar-refractivity contribution in [1.29, 1.82) is 0 Å². The molecule has 69 heavy (non-hydrogen) atoms. The SMILES string of the molecule is O=C(CCl)N1CCCC1.O=C(Cn1cc(N2CCCC2)c2scc(-c3ccc(F)c(C(F)(F)F)c3)c2c1=O)N1CCCC1.O=c1[nH]cc(N2CCCC2)c2scc(-c3ccc(F)c(C(F)(F)F)c3)c12. The molecule has 0 unspecified atom stereocenters. The molecular formula is C48H47ClF8N6O4S2. The van der Waals surface area contributed by atoms with Crippen molar-refractivity contribution < 1.29 is 44.7 Å². The second kappa shape index (κ2) is 20.9. The van der Waals surface area contributed by atoms with Crippen molar-refractivity contribution in [3.8, 4) is 22.3 Å². The molecule has 2 aromatic carbocycles. The molecule has 1 N–H and O–H groups in total. The molecule has 8 heterocycles. The Morgan fingerprint density at radius 2 is 1.04 bits per heavy atom. The monoisotopic (exact) mass is 1020 g/mol. The molecule has 10 nitrogen and oxygen atoms in total. The number of carbonyl (C=O) groups excluding carboxylic acids is 2. The van der Waals surface area contributed by atoms with Gasteiger partial charge in [-0.1, -0.05) is 12.1 Å². The van der Waals surface area contributed by atoms with Crippen molar-refractivity contribution >= 4 is 77.6 Å². The van der Waals surface area contributed by atoms with Crippen molar-refractivity contribution in [3.05, 3.63) is 103 Å². The Morgan fingerprint density at radius 3 is 1.52 bits per heavy atom. The Labute approximate surface area is 403 Å². The number of H-pyrrole nitrogens is 1. The van der Waals surface area contributed by atoms with E-state index >= 15 is 0 Å². The number of thiophene rings is 2. The predicted molar refractivity (Wildman–Crippen MR) is 255 cm³/mol. The lowest BCUT2D eigenvalue weighted by atomic mass is 10.0. The van der Waals surface area contributed by atoms with Crippen LogP contribution in [0.5, 0.6) is 0 Å². The molecule has 4 fully saturated rings. The predicted octanol–water partition coefficient (Wildman–Crippen LogP) is 11.0. The number of anilines is 2. The third kappa shape index (κ3) is 10.8. The van der Waals surface area contributed by atoms with Gasteiger partial charge in [0, 0.05) is 86.6 Å². The van der Waals surface area contributed by atoms with E-state index in [0.717, 1.165) is 131 Å². The van der Waals surface area contributed by atoms with Gasteiger partial charge in [-0.05, 0) is 86.8 Å². The van der Waals surface area contributed by atoms with Gasteiger partial charge in [-0.25, -0.2) is 8.78 Å². The van der Waals surface area contributed by atoms with Gasteiger partial charge in [0.25, 0.3) is 11.1 Å². The average molecular weight is 1020 g/mol. The second-order valence-electron chi connectivity index (χ2n) is 17.2. The van der Waals surface area contributed by atoms with Gasteiger partial charge in [0.1, 0.15) is 24.1 Å². The number of hydrogen-bond acceptors (Lipinski definition) is 8. The number of rotatable bonds is 7. The first-order chi connectivity index (χ1) is 32.9. The van der Waals surface area contributed by atoms with Crippen LogP contribution >= 0.6 is 34.3 Å². The lowest BCUT2D eigenvalue weighted by Gasteiger charge is -2.21. The minimum Gasteiger partial charge on any atom is -0.369 e. The highest BCUT2D eigenvalue weighted by Gasteiger charge is 2.36. The van der Waals surface area contributed by atoms with E-state index in [9.17, 15) is 54.3 Å². The Bertz CT molecular complexity index is 2960. The van der Waals surface area contributed by atoms with Crippen molar-refractivity contribution in [3.63, 3.8) is 0 Å². The highest BCUT2D eigenvalue weighted by molar-refractivity contribution is 7.18. The molecule has 368 valence electrons. The summed E-state index contributed by atoms with van der Waals surface area (Å²) in [5.74, 6) is -2.62. The van der Waals surface area contributed by atoms with Gasteiger partial charge in [0.2, 0.25) is 11.8 Å². The molecule has 0 bridgehead atoms. The van der Waals surface area contributed by atoms with Crippen LogP contribution in [0.4, 0.5) is 46.5 Å². The molecule has 6 aromatic rings. The fraction of sp³-hybridized carbons (Fsp3) is 0.417. The van der Waals surface area contributed by atoms with Crippen molar-refractivity contribution in [1.82, 2.24) is 19.4 Å². The summed E-state index contributed by atoms with van der Waals surface area (Å²) in [5.41, 5.74) is -0.816. The van der Waals surface area contributed by atoms with E-state index in [1.54, 1.807) is 28.1 Å². The topological polar surface area (TPSA) is 102 Å². The zero-order valence-corrected chi connectivity index (χ0v) is 39.5. The van der Waals surface area contributed by atoms with Crippen LogP contribution in [0, 0.1) is 11.6 Å². The van der Waals surface area contributed by atoms with Crippen LogP contribution in [0.2, 0.25) is 0 Å². The number of halogens is 9. The maximum Gasteiger partial charge on any atom is 0.419 e. The lowest BCUT2D eigenvalue weighted by Crippen LogP contribution is -2.35. The summed E-state index contributed by atoms with van der Waals surface area (Å²) >= 11 is 7.94. The molecule has 0 spiro atoms. The summed E-state index contributed by atoms with van der Waals surface area (Å²) in [4.78, 5) is 60.1. The number of aromatic amines is 1. The number of benzene rings is 2. The molecule has 4 aliphatic rings. The smallest absolute Gasteiger partial charge is 0.369 e. The highest BCUT2D eigenvalue weighted by atomic mass is 35.5. The van der Waals surface area contributed by atoms with E-state index in [-0.39, 0.29) is 46.3 Å². The van der Waals surface area contributed by atoms with E-state index < -0.39 is 40.7 Å². The number of hydrogen-bond donors (Lipinski definition) is 1. The molecule has 0 saturated carbocycles. The Hall–Kier alpha value is -5.47. The van der Waals surface area contributed by atoms with Gasteiger partial charge in [0.05, 0.1) is 42.7 Å². The van der Waals surface area contributed by atoms with E-state index in [1.807, 2.05) is 4.90 Å². The number of alkyl halides is 7. The Morgan fingerprint density at radius 1 is 0.609 bits per heavy atom. The number of fused-ring (bicyclic) bond motifs is 2. The number of carbonyl (C=O) groups is 2. The Kier molecular flexibility index (Phi) is 15.1. The summed E-state index contributed by atoms with van der Waals surface area (Å²) in [6, 6.07) is 5.61. The number of amides is 2. The normalized spacial score (nSPS) is 16.4. The quantitative estimate of drug-likeness (QED) is 0.126. The van der Waals surface area contributed by atoms with Crippen LogP contribution < -0.4 is 20.9 Å². The van der Waals surface area contributed by atoms with Gasteiger partial charge in [0.15, 0.2) is 0 Å². The maximum atomic E-state index is 13.9. The van der Waals surface area contributed by atoms with Crippen LogP contribution in [0.15, 0.2) is 69.1 Å². The van der Waals surface area contributed by atoms with Gasteiger partial charge in [-0.3, -0.25) is 19.2 Å². The third-order valence-corrected chi connectivity index (χ3v) is 15.0. The molecule has 2 amide bonds. The van der Waals surface area contributed by atoms with E-state index in [1.165, 1.54) is 39.4 Å². The fourth-order valence-electron chi connectivity index (χ4n) is 9.21. The molecule has 0 radical (unpaired) electrons. The molecule has 4 saturated heterocycles. The minimum absolute atomic E-state index is 0.0779. The zero-order chi connectivity index (χ0) is 49.2. The van der Waals surface area contributed by atoms with Crippen LogP contribution in [0.25, 0.3) is 42.4 Å². The lowest BCUT2D eigenvalue weighted by molar-refractivity contribution is -0.140. The van der Waals surface area contributed by atoms with Crippen LogP contribution in [-0.2, 0) is 28.5 Å². The van der Waals surface area contributed by atoms with Gasteiger partial charge in [-0.2, -0.15) is 26.3 Å². The summed E-state index contributed by atoms with van der Waals surface area (Å²) in [6.07, 6.45) is 1.98. The molecule has 0 atom stereocenters. The molecule has 4 aliphatic heterocycles. The van der Waals surface area contributed by atoms with Crippen molar-refractivity contribution in [2.24, 2.45) is 0 Å². The fourth-order valence-corrected chi connectivity index (χ4v) is 11.6. The number of nitrogens with zero attached hydrogens (tertiary/aromatic N) is 5. The molecule has 4 aromatic heterocycles. The largest absolute Gasteiger partial charge is 0.419 e. The molecule has 0 aliphatic carbocycles. The minimum atomic E-state index is -4.85. The summed E-state index contributed by atoms with van der Waals surface area (Å²) in [6.45, 7) is 6.37. The Balaban J connectivity index is 0.000000161. The number of likely N-dealkylation sites (tertiary alicyclic amines) is 2. The number of pyridine rings is 2. The zero-order valence-electron chi connectivity index (χ0n) is 37.1. The van der Waals surface area contributed by atoms with E-state index in [4.69, 9.17) is 11.6 Å². The summed E-state index contributed by atoms with van der Waals surface area (Å²) < 4.78 is 109. The average Bonchev–Trinajstić information content (AvgIpc) is 4.18. The standard InChI is InChI=1S/C24H23F4N3O2S.C18H14F4N2OS.C6H10ClNO/c25-18-6-5-15(11-17(18)24(26,27)28)16-14-34-22-19(29-7-1-2-8-29)12-31(23(33)21(16)22)13-20(32)30-9-3-4-10-30;19-13-4-3-10(7-12(13)18(20,21)22)11-9-26-16-14(24-5-1-2-6-24)8-23-17(25)15(11)16;7-5-6(9)8-3-1-2-4-8/h5-6,11-12,14H,1-4,7-10,13H2;3-4,7-9H,1-2,5-6H2,(H,23,25);1-5H2. The first-order valence-electron chi connectivity index (χ1n) is 22.6. The van der Waals surface area contributed by atoms with E-state index in [0.29, 0.717) is 34.3 Å². The van der Waals surface area contributed by atoms with Gasteiger partial charge < -0.3 is 29.2 Å². The number of nitrogens with one attached hydrogen (secondary N) is 1. The first-order valence-corrected chi connectivity index (χ1v) is 24.9. The second-order valence-corrected chi connectivity index (χ2v) is 19.3. The first kappa shape index (κ1) is 49.9. The highest BCUT2D eigenvalue weighted by Crippen LogP contribution is 2.42. The molecule has 21 heteroatoms. The molecular weight excluding hydrogens is 976 g/mol. The van der Waals surface area contributed by atoms with Crippen LogP contribution in [-0.4, -0.2) is 89.4 Å². The van der Waals surface area contributed by atoms with Crippen molar-refractivity contribution in [2.45, 2.75) is 70.3 Å².